The molecule has 0 aromatic carbocycles. The van der Waals surface area contributed by atoms with E-state index < -0.39 is 12.0 Å². The van der Waals surface area contributed by atoms with Crippen molar-refractivity contribution in [2.45, 2.75) is 71.0 Å². The standard InChI is InChI=1S/C14H28N2O2/c1-4-9-15-13(14(17)18)8-10-16-11(3)6-7-12(16)5-2/h11-13,15H,4-10H2,1-3H3,(H,17,18). The second-order valence-corrected chi connectivity index (χ2v) is 5.36. The number of carboxylic acid groups (broad SMARTS) is 1. The summed E-state index contributed by atoms with van der Waals surface area (Å²) < 4.78 is 0. The zero-order chi connectivity index (χ0) is 13.5. The summed E-state index contributed by atoms with van der Waals surface area (Å²) in [5, 5.41) is 12.3. The van der Waals surface area contributed by atoms with Crippen molar-refractivity contribution in [3.8, 4) is 0 Å². The predicted molar refractivity (Wildman–Crippen MR) is 73.8 cm³/mol. The summed E-state index contributed by atoms with van der Waals surface area (Å²) in [4.78, 5) is 13.7. The molecule has 1 saturated heterocycles. The molecule has 1 fully saturated rings. The molecule has 1 heterocycles. The lowest BCUT2D eigenvalue weighted by atomic mass is 10.1. The summed E-state index contributed by atoms with van der Waals surface area (Å²) in [6.45, 7) is 8.21. The van der Waals surface area contributed by atoms with E-state index in [0.29, 0.717) is 18.5 Å². The van der Waals surface area contributed by atoms with Gasteiger partial charge in [-0.3, -0.25) is 9.69 Å². The Morgan fingerprint density at radius 2 is 2.17 bits per heavy atom. The van der Waals surface area contributed by atoms with E-state index >= 15 is 0 Å². The number of nitrogens with zero attached hydrogens (tertiary/aromatic N) is 1. The molecule has 2 N–H and O–H groups in total. The van der Waals surface area contributed by atoms with Gasteiger partial charge in [0.15, 0.2) is 0 Å². The van der Waals surface area contributed by atoms with E-state index in [1.807, 2.05) is 0 Å². The minimum Gasteiger partial charge on any atom is -0.480 e. The van der Waals surface area contributed by atoms with Crippen LogP contribution in [0.5, 0.6) is 0 Å². The molecule has 4 heteroatoms. The van der Waals surface area contributed by atoms with Crippen molar-refractivity contribution in [1.29, 1.82) is 0 Å². The highest BCUT2D eigenvalue weighted by Crippen LogP contribution is 2.26. The van der Waals surface area contributed by atoms with Gasteiger partial charge < -0.3 is 10.4 Å². The third kappa shape index (κ3) is 4.25. The molecule has 106 valence electrons. The number of likely N-dealkylation sites (tertiary alicyclic amines) is 1. The third-order valence-corrected chi connectivity index (χ3v) is 4.04. The lowest BCUT2D eigenvalue weighted by Crippen LogP contribution is -2.42. The van der Waals surface area contributed by atoms with Crippen molar-refractivity contribution in [1.82, 2.24) is 10.2 Å². The van der Waals surface area contributed by atoms with Crippen molar-refractivity contribution < 1.29 is 9.90 Å². The maximum absolute atomic E-state index is 11.2. The molecule has 1 aliphatic heterocycles. The van der Waals surface area contributed by atoms with Crippen molar-refractivity contribution in [3.63, 3.8) is 0 Å². The summed E-state index contributed by atoms with van der Waals surface area (Å²) in [5.74, 6) is -0.719. The van der Waals surface area contributed by atoms with Crippen molar-refractivity contribution >= 4 is 5.97 Å². The fourth-order valence-corrected chi connectivity index (χ4v) is 2.88. The minimum atomic E-state index is -0.719. The number of hydrogen-bond acceptors (Lipinski definition) is 3. The Kier molecular flexibility index (Phi) is 6.65. The minimum absolute atomic E-state index is 0.393. The zero-order valence-electron chi connectivity index (χ0n) is 12.0. The highest BCUT2D eigenvalue weighted by molar-refractivity contribution is 5.73. The first-order chi connectivity index (χ1) is 8.60. The Balaban J connectivity index is 2.42. The van der Waals surface area contributed by atoms with Gasteiger partial charge in [-0.1, -0.05) is 13.8 Å². The van der Waals surface area contributed by atoms with E-state index in [4.69, 9.17) is 0 Å². The van der Waals surface area contributed by atoms with E-state index in [-0.39, 0.29) is 0 Å². The maximum atomic E-state index is 11.2. The molecule has 0 saturated carbocycles. The molecule has 1 aliphatic rings. The number of rotatable bonds is 8. The van der Waals surface area contributed by atoms with Crippen LogP contribution in [0.3, 0.4) is 0 Å². The Hall–Kier alpha value is -0.610. The monoisotopic (exact) mass is 256 g/mol. The fourth-order valence-electron chi connectivity index (χ4n) is 2.88. The molecule has 4 nitrogen and oxygen atoms in total. The third-order valence-electron chi connectivity index (χ3n) is 4.04. The van der Waals surface area contributed by atoms with Gasteiger partial charge in [-0.25, -0.2) is 0 Å². The van der Waals surface area contributed by atoms with E-state index in [1.54, 1.807) is 0 Å². The second-order valence-electron chi connectivity index (χ2n) is 5.36. The van der Waals surface area contributed by atoms with E-state index in [0.717, 1.165) is 19.5 Å². The molecule has 3 atom stereocenters. The summed E-state index contributed by atoms with van der Waals surface area (Å²) in [6, 6.07) is 0.867. The summed E-state index contributed by atoms with van der Waals surface area (Å²) in [6.07, 6.45) is 5.36. The summed E-state index contributed by atoms with van der Waals surface area (Å²) in [5.41, 5.74) is 0. The SMILES string of the molecule is CCCNC(CCN1C(C)CCC1CC)C(=O)O. The van der Waals surface area contributed by atoms with E-state index in [2.05, 4.69) is 31.0 Å². The highest BCUT2D eigenvalue weighted by atomic mass is 16.4. The molecule has 0 aromatic heterocycles. The van der Waals surface area contributed by atoms with Gasteiger partial charge in [0.1, 0.15) is 6.04 Å². The zero-order valence-corrected chi connectivity index (χ0v) is 12.0. The van der Waals surface area contributed by atoms with Gasteiger partial charge in [0.05, 0.1) is 0 Å². The lowest BCUT2D eigenvalue weighted by molar-refractivity contribution is -0.139. The molecule has 3 unspecified atom stereocenters. The smallest absolute Gasteiger partial charge is 0.320 e. The maximum Gasteiger partial charge on any atom is 0.320 e. The van der Waals surface area contributed by atoms with Crippen molar-refractivity contribution in [3.05, 3.63) is 0 Å². The molecular formula is C14H28N2O2. The first kappa shape index (κ1) is 15.4. The molecule has 0 aliphatic carbocycles. The number of hydrogen-bond donors (Lipinski definition) is 2. The Bertz CT molecular complexity index is 258. The summed E-state index contributed by atoms with van der Waals surface area (Å²) >= 11 is 0. The molecule has 0 aromatic rings. The molecule has 18 heavy (non-hydrogen) atoms. The Morgan fingerprint density at radius 1 is 1.44 bits per heavy atom. The topological polar surface area (TPSA) is 52.6 Å². The van der Waals surface area contributed by atoms with Gasteiger partial charge in [-0.05, 0) is 45.6 Å². The van der Waals surface area contributed by atoms with Crippen LogP contribution in [-0.2, 0) is 4.79 Å². The van der Waals surface area contributed by atoms with E-state index in [1.165, 1.54) is 19.3 Å². The predicted octanol–water partition coefficient (Wildman–Crippen LogP) is 2.09. The van der Waals surface area contributed by atoms with Crippen molar-refractivity contribution in [2.75, 3.05) is 13.1 Å². The largest absolute Gasteiger partial charge is 0.480 e. The van der Waals surface area contributed by atoms with Crippen molar-refractivity contribution in [2.24, 2.45) is 0 Å². The normalized spacial score (nSPS) is 26.4. The number of carbonyl (C=O) groups is 1. The second kappa shape index (κ2) is 7.74. The average molecular weight is 256 g/mol. The van der Waals surface area contributed by atoms with Gasteiger partial charge in [0.2, 0.25) is 0 Å². The number of aliphatic carboxylic acids is 1. The molecule has 0 spiro atoms. The molecule has 0 radical (unpaired) electrons. The molecule has 0 amide bonds. The van der Waals surface area contributed by atoms with Crippen LogP contribution >= 0.6 is 0 Å². The molecular weight excluding hydrogens is 228 g/mol. The molecule has 1 rings (SSSR count). The van der Waals surface area contributed by atoms with Crippen LogP contribution in [-0.4, -0.2) is 47.2 Å². The van der Waals surface area contributed by atoms with Crippen LogP contribution in [0.25, 0.3) is 0 Å². The average Bonchev–Trinajstić information content (AvgIpc) is 2.70. The van der Waals surface area contributed by atoms with Crippen LogP contribution in [0.1, 0.15) is 52.9 Å². The van der Waals surface area contributed by atoms with Gasteiger partial charge in [-0.15, -0.1) is 0 Å². The lowest BCUT2D eigenvalue weighted by Gasteiger charge is -2.29. The summed E-state index contributed by atoms with van der Waals surface area (Å²) in [7, 11) is 0. The van der Waals surface area contributed by atoms with Gasteiger partial charge >= 0.3 is 5.97 Å². The van der Waals surface area contributed by atoms with Crippen LogP contribution in [0.4, 0.5) is 0 Å². The Labute approximate surface area is 111 Å². The Morgan fingerprint density at radius 3 is 2.72 bits per heavy atom. The van der Waals surface area contributed by atoms with Crippen LogP contribution < -0.4 is 5.32 Å². The number of nitrogens with one attached hydrogen (secondary N) is 1. The van der Waals surface area contributed by atoms with Gasteiger partial charge in [0, 0.05) is 18.6 Å². The first-order valence-electron chi connectivity index (χ1n) is 7.32. The molecule has 0 bridgehead atoms. The first-order valence-corrected chi connectivity index (χ1v) is 7.32. The fraction of sp³-hybridized carbons (Fsp3) is 0.929. The van der Waals surface area contributed by atoms with Gasteiger partial charge in [0.25, 0.3) is 0 Å². The van der Waals surface area contributed by atoms with Crippen LogP contribution in [0.2, 0.25) is 0 Å². The van der Waals surface area contributed by atoms with Gasteiger partial charge in [-0.2, -0.15) is 0 Å². The highest BCUT2D eigenvalue weighted by Gasteiger charge is 2.30. The van der Waals surface area contributed by atoms with Crippen LogP contribution in [0, 0.1) is 0 Å². The van der Waals surface area contributed by atoms with E-state index in [9.17, 15) is 9.90 Å². The van der Waals surface area contributed by atoms with Crippen LogP contribution in [0.15, 0.2) is 0 Å². The number of carboxylic acids is 1. The quantitative estimate of drug-likeness (QED) is 0.698.